The van der Waals surface area contributed by atoms with Gasteiger partial charge in [0.1, 0.15) is 45.3 Å². The average Bonchev–Trinajstić information content (AvgIpc) is 3.73. The van der Waals surface area contributed by atoms with Crippen molar-refractivity contribution in [2.75, 3.05) is 4.90 Å². The quantitative estimate of drug-likeness (QED) is 0.168. The summed E-state index contributed by atoms with van der Waals surface area (Å²) >= 11 is 0. The van der Waals surface area contributed by atoms with E-state index in [1.807, 2.05) is 36.4 Å². The minimum absolute atomic E-state index is 0.132. The van der Waals surface area contributed by atoms with E-state index in [1.165, 1.54) is 10.9 Å². The number of benzene rings is 7. The smallest absolute Gasteiger partial charge is 0.257 e. The highest BCUT2D eigenvalue weighted by Crippen LogP contribution is 2.54. The molecule has 0 saturated heterocycles. The van der Waals surface area contributed by atoms with E-state index in [-0.39, 0.29) is 13.4 Å². The summed E-state index contributed by atoms with van der Waals surface area (Å²) in [5, 5.41) is 4.34. The highest BCUT2D eigenvalue weighted by Gasteiger charge is 2.54. The van der Waals surface area contributed by atoms with Crippen LogP contribution >= 0.6 is 0 Å². The Labute approximate surface area is 284 Å². The Morgan fingerprint density at radius 1 is 0.380 bits per heavy atom. The predicted octanol–water partition coefficient (Wildman–Crippen LogP) is 6.93. The largest absolute Gasteiger partial charge is 0.458 e. The molecule has 14 rings (SSSR count). The lowest BCUT2D eigenvalue weighted by Crippen LogP contribution is -2.67. The third kappa shape index (κ3) is 2.61. The van der Waals surface area contributed by atoms with Gasteiger partial charge < -0.3 is 27.9 Å². The second kappa shape index (κ2) is 8.01. The molecule has 0 amide bonds. The highest BCUT2D eigenvalue weighted by atomic mass is 16.5. The number of rotatable bonds is 0. The number of anilines is 3. The Kier molecular flexibility index (Phi) is 3.94. The van der Waals surface area contributed by atoms with Crippen LogP contribution in [0.1, 0.15) is 0 Å². The molecule has 0 fully saturated rings. The van der Waals surface area contributed by atoms with Gasteiger partial charge in [-0.05, 0) is 81.3 Å². The van der Waals surface area contributed by atoms with E-state index in [9.17, 15) is 0 Å². The molecule has 0 aliphatic carbocycles. The molecular weight excluding hydrogens is 620 g/mol. The first-order chi connectivity index (χ1) is 24.8. The van der Waals surface area contributed by atoms with Gasteiger partial charge in [0.05, 0.1) is 11.4 Å². The van der Waals surface area contributed by atoms with Gasteiger partial charge in [0.2, 0.25) is 0 Å². The molecule has 5 aliphatic rings. The first-order valence-electron chi connectivity index (χ1n) is 17.0. The Morgan fingerprint density at radius 3 is 1.42 bits per heavy atom. The maximum atomic E-state index is 6.98. The number of para-hydroxylation sites is 4. The third-order valence-electron chi connectivity index (χ3n) is 11.6. The molecule has 9 aromatic rings. The van der Waals surface area contributed by atoms with Crippen LogP contribution in [0.25, 0.3) is 43.9 Å². The van der Waals surface area contributed by atoms with Crippen LogP contribution in [-0.4, -0.2) is 13.4 Å². The Hall–Kier alpha value is -6.53. The minimum Gasteiger partial charge on any atom is -0.458 e. The maximum absolute atomic E-state index is 6.98. The van der Waals surface area contributed by atoms with Gasteiger partial charge in [-0.1, -0.05) is 60.7 Å². The summed E-state index contributed by atoms with van der Waals surface area (Å²) in [7, 11) is 0. The van der Waals surface area contributed by atoms with E-state index in [0.717, 1.165) is 117 Å². The van der Waals surface area contributed by atoms with E-state index in [0.29, 0.717) is 0 Å². The van der Waals surface area contributed by atoms with Gasteiger partial charge in [-0.25, -0.2) is 0 Å². The van der Waals surface area contributed by atoms with Gasteiger partial charge in [0, 0.05) is 33.3 Å². The molecule has 228 valence electrons. The number of nitrogens with zero attached hydrogens (tertiary/aromatic N) is 1. The first-order valence-corrected chi connectivity index (χ1v) is 17.0. The Morgan fingerprint density at radius 2 is 0.880 bits per heavy atom. The van der Waals surface area contributed by atoms with Crippen LogP contribution in [0.5, 0.6) is 34.5 Å². The fourth-order valence-corrected chi connectivity index (χ4v) is 9.81. The normalized spacial score (nSPS) is 14.8. The van der Waals surface area contributed by atoms with E-state index in [2.05, 4.69) is 83.8 Å². The van der Waals surface area contributed by atoms with Crippen LogP contribution in [0.2, 0.25) is 0 Å². The fraction of sp³-hybridized carbons (Fsp3) is 0. The molecule has 0 atom stereocenters. The molecule has 50 heavy (non-hydrogen) atoms. The lowest BCUT2D eigenvalue weighted by atomic mass is 9.29. The third-order valence-corrected chi connectivity index (χ3v) is 11.6. The molecule has 0 saturated carbocycles. The van der Waals surface area contributed by atoms with Crippen LogP contribution < -0.4 is 51.9 Å². The van der Waals surface area contributed by atoms with Gasteiger partial charge in [0.25, 0.3) is 13.4 Å². The van der Waals surface area contributed by atoms with Crippen molar-refractivity contribution in [1.29, 1.82) is 0 Å². The van der Waals surface area contributed by atoms with Gasteiger partial charge in [-0.3, -0.25) is 0 Å². The summed E-state index contributed by atoms with van der Waals surface area (Å²) in [6, 6.07) is 39.8. The van der Waals surface area contributed by atoms with Crippen molar-refractivity contribution < 1.29 is 23.0 Å². The lowest BCUT2D eigenvalue weighted by molar-refractivity contribution is 0.464. The molecule has 0 bridgehead atoms. The average molecular weight is 639 g/mol. The molecular formula is C42H19B2NO5. The van der Waals surface area contributed by atoms with Crippen LogP contribution in [0, 0.1) is 0 Å². The van der Waals surface area contributed by atoms with Crippen LogP contribution in [0.4, 0.5) is 17.1 Å². The van der Waals surface area contributed by atoms with Crippen molar-refractivity contribution >= 4 is 107 Å². The molecule has 5 aliphatic heterocycles. The summed E-state index contributed by atoms with van der Waals surface area (Å²) in [5.74, 6) is 4.95. The molecule has 8 heteroatoms. The summed E-state index contributed by atoms with van der Waals surface area (Å²) in [6.45, 7) is -0.263. The monoisotopic (exact) mass is 639 g/mol. The predicted molar refractivity (Wildman–Crippen MR) is 198 cm³/mol. The molecule has 7 aromatic carbocycles. The van der Waals surface area contributed by atoms with E-state index in [1.54, 1.807) is 0 Å². The van der Waals surface area contributed by atoms with E-state index in [4.69, 9.17) is 23.0 Å². The van der Waals surface area contributed by atoms with Crippen LogP contribution in [0.3, 0.4) is 0 Å². The van der Waals surface area contributed by atoms with Crippen molar-refractivity contribution in [3.8, 4) is 34.5 Å². The SMILES string of the molecule is c1cc2c3c(c1)B1c4c(cc5c6c4N3c3c(cccc3B6c3c(ccc4oc6ccccc6c34)O5)O2)Oc2ccc3oc4ccccc4c3c21. The number of fused-ring (bicyclic) bond motifs is 14. The molecule has 0 spiro atoms. The van der Waals surface area contributed by atoms with Crippen LogP contribution in [0.15, 0.2) is 124 Å². The maximum Gasteiger partial charge on any atom is 0.257 e. The van der Waals surface area contributed by atoms with Gasteiger partial charge in [0.15, 0.2) is 11.5 Å². The van der Waals surface area contributed by atoms with E-state index < -0.39 is 0 Å². The summed E-state index contributed by atoms with van der Waals surface area (Å²) < 4.78 is 33.7. The zero-order chi connectivity index (χ0) is 32.0. The molecule has 0 N–H and O–H groups in total. The van der Waals surface area contributed by atoms with Crippen molar-refractivity contribution in [2.24, 2.45) is 0 Å². The molecule has 7 heterocycles. The Balaban J connectivity index is 1.17. The highest BCUT2D eigenvalue weighted by molar-refractivity contribution is 7.05. The molecule has 6 nitrogen and oxygen atoms in total. The zero-order valence-electron chi connectivity index (χ0n) is 26.1. The summed E-state index contributed by atoms with van der Waals surface area (Å²) in [6.07, 6.45) is 0. The topological polar surface area (TPSA) is 57.2 Å². The van der Waals surface area contributed by atoms with Gasteiger partial charge in [-0.15, -0.1) is 0 Å². The number of ether oxygens (including phenoxy) is 3. The first kappa shape index (κ1) is 24.6. The summed E-state index contributed by atoms with van der Waals surface area (Å²) in [5.41, 5.74) is 13.6. The molecule has 0 radical (unpaired) electrons. The molecule has 0 unspecified atom stereocenters. The Bertz CT molecular complexity index is 2920. The number of hydrogen-bond acceptors (Lipinski definition) is 6. The van der Waals surface area contributed by atoms with Crippen molar-refractivity contribution in [2.45, 2.75) is 0 Å². The second-order valence-electron chi connectivity index (χ2n) is 13.8. The van der Waals surface area contributed by atoms with E-state index >= 15 is 0 Å². The standard InChI is InChI=1S/C42H19B2NO5/c1-3-11-24-20(7-1)34-26(46-24)15-17-28-36(34)43-22-9-5-13-30-40(22)45-41-23(10-6-14-31(41)50-30)44-37-29(49-33-19-32(48-28)38(43)42(45)39(33)44)18-16-27-35(37)21-8-2-4-12-25(21)47-27/h1-19H. The fourth-order valence-electron chi connectivity index (χ4n) is 9.81. The zero-order valence-corrected chi connectivity index (χ0v) is 26.1. The van der Waals surface area contributed by atoms with Crippen LogP contribution in [-0.2, 0) is 0 Å². The summed E-state index contributed by atoms with van der Waals surface area (Å²) in [4.78, 5) is 2.44. The minimum atomic E-state index is -0.132. The number of furan rings is 2. The second-order valence-corrected chi connectivity index (χ2v) is 13.8. The number of hydrogen-bond donors (Lipinski definition) is 0. The van der Waals surface area contributed by atoms with Gasteiger partial charge in [-0.2, -0.15) is 0 Å². The van der Waals surface area contributed by atoms with Crippen molar-refractivity contribution in [1.82, 2.24) is 0 Å². The molecule has 2 aromatic heterocycles. The van der Waals surface area contributed by atoms with Gasteiger partial charge >= 0.3 is 0 Å². The lowest BCUT2D eigenvalue weighted by Gasteiger charge is -2.49. The van der Waals surface area contributed by atoms with Crippen molar-refractivity contribution in [3.05, 3.63) is 115 Å². The van der Waals surface area contributed by atoms with Crippen molar-refractivity contribution in [3.63, 3.8) is 0 Å².